The summed E-state index contributed by atoms with van der Waals surface area (Å²) >= 11 is 3.32. The SMILES string of the molecule is O=c1c(C(F)(F)F)c2c(nn1CN1CCc3sccc3C1c1cccs1)CCC2. The van der Waals surface area contributed by atoms with Gasteiger partial charge in [-0.2, -0.15) is 18.3 Å². The summed E-state index contributed by atoms with van der Waals surface area (Å²) < 4.78 is 42.0. The Morgan fingerprint density at radius 2 is 2.00 bits per heavy atom. The van der Waals surface area contributed by atoms with Crippen molar-refractivity contribution in [3.05, 3.63) is 71.5 Å². The van der Waals surface area contributed by atoms with E-state index in [0.717, 1.165) is 16.0 Å². The molecule has 3 aromatic rings. The number of thiophene rings is 2. The first kappa shape index (κ1) is 19.0. The number of nitrogens with zero attached hydrogens (tertiary/aromatic N) is 3. The predicted molar refractivity (Wildman–Crippen MR) is 106 cm³/mol. The predicted octanol–water partition coefficient (Wildman–Crippen LogP) is 4.48. The fraction of sp³-hybridized carbons (Fsp3) is 0.400. The first-order valence-corrected chi connectivity index (χ1v) is 11.2. The molecule has 5 rings (SSSR count). The summed E-state index contributed by atoms with van der Waals surface area (Å²) in [6.07, 6.45) is -2.48. The van der Waals surface area contributed by atoms with E-state index in [1.807, 2.05) is 17.5 Å². The largest absolute Gasteiger partial charge is 0.422 e. The lowest BCUT2D eigenvalue weighted by Gasteiger charge is -2.35. The van der Waals surface area contributed by atoms with Crippen LogP contribution in [-0.2, 0) is 32.1 Å². The molecule has 4 nitrogen and oxygen atoms in total. The summed E-state index contributed by atoms with van der Waals surface area (Å²) in [4.78, 5) is 17.3. The molecule has 1 aliphatic heterocycles. The Morgan fingerprint density at radius 1 is 1.14 bits per heavy atom. The molecule has 1 unspecified atom stereocenters. The Balaban J connectivity index is 1.58. The fourth-order valence-corrected chi connectivity index (χ4v) is 6.20. The zero-order chi connectivity index (χ0) is 20.2. The Hall–Kier alpha value is -1.97. The lowest BCUT2D eigenvalue weighted by molar-refractivity contribution is -0.139. The molecule has 2 aliphatic rings. The van der Waals surface area contributed by atoms with Crippen molar-refractivity contribution in [2.24, 2.45) is 0 Å². The number of hydrogen-bond acceptors (Lipinski definition) is 5. The van der Waals surface area contributed by atoms with Crippen molar-refractivity contribution in [3.63, 3.8) is 0 Å². The minimum absolute atomic E-state index is 0.0487. The summed E-state index contributed by atoms with van der Waals surface area (Å²) in [5, 5.41) is 8.40. The van der Waals surface area contributed by atoms with E-state index in [2.05, 4.69) is 21.4 Å². The van der Waals surface area contributed by atoms with Crippen molar-refractivity contribution in [2.75, 3.05) is 6.54 Å². The van der Waals surface area contributed by atoms with E-state index in [-0.39, 0.29) is 24.7 Å². The van der Waals surface area contributed by atoms with Gasteiger partial charge in [0, 0.05) is 16.3 Å². The number of aryl methyl sites for hydroxylation is 1. The molecule has 0 aromatic carbocycles. The van der Waals surface area contributed by atoms with Crippen LogP contribution in [0.3, 0.4) is 0 Å². The topological polar surface area (TPSA) is 38.1 Å². The van der Waals surface area contributed by atoms with Crippen LogP contribution in [-0.4, -0.2) is 21.2 Å². The van der Waals surface area contributed by atoms with Gasteiger partial charge in [-0.15, -0.1) is 22.7 Å². The van der Waals surface area contributed by atoms with Crippen molar-refractivity contribution in [2.45, 2.75) is 44.6 Å². The number of hydrogen-bond donors (Lipinski definition) is 0. The highest BCUT2D eigenvalue weighted by molar-refractivity contribution is 7.10. The zero-order valence-electron chi connectivity index (χ0n) is 15.4. The fourth-order valence-electron chi connectivity index (χ4n) is 4.42. The van der Waals surface area contributed by atoms with Gasteiger partial charge in [-0.1, -0.05) is 6.07 Å². The van der Waals surface area contributed by atoms with Crippen molar-refractivity contribution < 1.29 is 13.2 Å². The van der Waals surface area contributed by atoms with Gasteiger partial charge in [0.15, 0.2) is 0 Å². The molecule has 1 aliphatic carbocycles. The van der Waals surface area contributed by atoms with Crippen molar-refractivity contribution in [1.82, 2.24) is 14.7 Å². The molecule has 0 saturated carbocycles. The molecule has 0 bridgehead atoms. The van der Waals surface area contributed by atoms with E-state index in [0.29, 0.717) is 25.1 Å². The van der Waals surface area contributed by atoms with Gasteiger partial charge >= 0.3 is 6.18 Å². The molecule has 3 aromatic heterocycles. The molecule has 0 amide bonds. The minimum Gasteiger partial charge on any atom is -0.272 e. The maximum absolute atomic E-state index is 13.7. The number of alkyl halides is 3. The molecule has 0 radical (unpaired) electrons. The van der Waals surface area contributed by atoms with Gasteiger partial charge in [0.25, 0.3) is 5.56 Å². The average Bonchev–Trinajstić information content (AvgIpc) is 3.42. The number of rotatable bonds is 3. The van der Waals surface area contributed by atoms with E-state index in [1.54, 1.807) is 22.7 Å². The van der Waals surface area contributed by atoms with Crippen LogP contribution >= 0.6 is 22.7 Å². The van der Waals surface area contributed by atoms with Crippen LogP contribution in [0.25, 0.3) is 0 Å². The van der Waals surface area contributed by atoms with Crippen LogP contribution in [0.1, 0.15) is 44.6 Å². The standard InChI is InChI=1S/C20H18F3N3OS2/c21-20(22,23)17-12-3-1-4-14(12)24-26(19(17)27)11-25-8-6-15-13(7-10-29-15)18(25)16-5-2-9-28-16/h2,5,7,9-10,18H,1,3-4,6,8,11H2. The summed E-state index contributed by atoms with van der Waals surface area (Å²) in [6.45, 7) is 0.718. The molecule has 1 atom stereocenters. The molecule has 29 heavy (non-hydrogen) atoms. The molecular formula is C20H18F3N3OS2. The second-order valence-electron chi connectivity index (χ2n) is 7.38. The quantitative estimate of drug-likeness (QED) is 0.607. The second kappa shape index (κ2) is 7.07. The average molecular weight is 438 g/mol. The van der Waals surface area contributed by atoms with Gasteiger partial charge in [0.2, 0.25) is 0 Å². The zero-order valence-corrected chi connectivity index (χ0v) is 17.0. The third-order valence-corrected chi connectivity index (χ3v) is 7.58. The van der Waals surface area contributed by atoms with Crippen LogP contribution < -0.4 is 5.56 Å². The molecule has 0 fully saturated rings. The number of fused-ring (bicyclic) bond motifs is 2. The van der Waals surface area contributed by atoms with Gasteiger partial charge in [0.05, 0.1) is 18.4 Å². The molecule has 4 heterocycles. The van der Waals surface area contributed by atoms with Crippen LogP contribution in [0.2, 0.25) is 0 Å². The molecule has 9 heteroatoms. The summed E-state index contributed by atoms with van der Waals surface area (Å²) in [7, 11) is 0. The van der Waals surface area contributed by atoms with Crippen LogP contribution in [0.5, 0.6) is 0 Å². The van der Waals surface area contributed by atoms with Gasteiger partial charge in [-0.3, -0.25) is 9.69 Å². The van der Waals surface area contributed by atoms with Gasteiger partial charge in [0.1, 0.15) is 5.56 Å². The van der Waals surface area contributed by atoms with E-state index in [9.17, 15) is 18.0 Å². The van der Waals surface area contributed by atoms with Crippen LogP contribution in [0.15, 0.2) is 33.8 Å². The highest BCUT2D eigenvalue weighted by Crippen LogP contribution is 2.40. The van der Waals surface area contributed by atoms with Crippen LogP contribution in [0, 0.1) is 0 Å². The van der Waals surface area contributed by atoms with Crippen LogP contribution in [0.4, 0.5) is 13.2 Å². The van der Waals surface area contributed by atoms with E-state index < -0.39 is 17.3 Å². The second-order valence-corrected chi connectivity index (χ2v) is 9.36. The maximum Gasteiger partial charge on any atom is 0.422 e. The molecule has 0 saturated heterocycles. The van der Waals surface area contributed by atoms with Gasteiger partial charge in [-0.25, -0.2) is 4.68 Å². The van der Waals surface area contributed by atoms with Crippen molar-refractivity contribution in [3.8, 4) is 0 Å². The summed E-state index contributed by atoms with van der Waals surface area (Å²) in [5.41, 5.74) is -0.376. The van der Waals surface area contributed by atoms with E-state index in [4.69, 9.17) is 0 Å². The monoisotopic (exact) mass is 437 g/mol. The molecular weight excluding hydrogens is 419 g/mol. The highest BCUT2D eigenvalue weighted by atomic mass is 32.1. The smallest absolute Gasteiger partial charge is 0.272 e. The maximum atomic E-state index is 13.7. The minimum atomic E-state index is -4.66. The first-order valence-electron chi connectivity index (χ1n) is 9.47. The normalized spacial score (nSPS) is 19.3. The molecule has 0 N–H and O–H groups in total. The van der Waals surface area contributed by atoms with E-state index >= 15 is 0 Å². The number of aromatic nitrogens is 2. The molecule has 152 valence electrons. The van der Waals surface area contributed by atoms with Crippen molar-refractivity contribution in [1.29, 1.82) is 0 Å². The van der Waals surface area contributed by atoms with Gasteiger partial charge in [-0.05, 0) is 59.7 Å². The Morgan fingerprint density at radius 3 is 2.76 bits per heavy atom. The summed E-state index contributed by atoms with van der Waals surface area (Å²) in [5.74, 6) is 0. The lowest BCUT2D eigenvalue weighted by Crippen LogP contribution is -2.42. The Bertz CT molecular complexity index is 1100. The molecule has 0 spiro atoms. The van der Waals surface area contributed by atoms with E-state index in [1.165, 1.54) is 10.4 Å². The number of halogens is 3. The highest BCUT2D eigenvalue weighted by Gasteiger charge is 2.41. The van der Waals surface area contributed by atoms with Crippen molar-refractivity contribution >= 4 is 22.7 Å². The summed E-state index contributed by atoms with van der Waals surface area (Å²) in [6, 6.07) is 6.02. The Kier molecular flexibility index (Phi) is 4.64. The third-order valence-electron chi connectivity index (χ3n) is 5.66. The first-order chi connectivity index (χ1) is 13.9. The Labute approximate surface area is 173 Å². The third kappa shape index (κ3) is 3.25. The van der Waals surface area contributed by atoms with Gasteiger partial charge < -0.3 is 0 Å². The lowest BCUT2D eigenvalue weighted by atomic mass is 9.99.